The molecule has 0 amide bonds. The Bertz CT molecular complexity index is 681. The predicted octanol–water partition coefficient (Wildman–Crippen LogP) is 3.10. The summed E-state index contributed by atoms with van der Waals surface area (Å²) in [4.78, 5) is 16.0. The summed E-state index contributed by atoms with van der Waals surface area (Å²) < 4.78 is 2.17. The van der Waals surface area contributed by atoms with Crippen molar-refractivity contribution in [3.63, 3.8) is 0 Å². The Balaban J connectivity index is 1.96. The first-order chi connectivity index (χ1) is 9.38. The molecule has 0 unspecified atom stereocenters. The van der Waals surface area contributed by atoms with Gasteiger partial charge in [-0.1, -0.05) is 6.07 Å². The van der Waals surface area contributed by atoms with Crippen molar-refractivity contribution in [2.75, 3.05) is 0 Å². The van der Waals surface area contributed by atoms with Gasteiger partial charge in [0.15, 0.2) is 0 Å². The Labute approximate surface area is 118 Å². The maximum atomic E-state index is 11.2. The first-order valence-corrected chi connectivity index (χ1v) is 7.07. The van der Waals surface area contributed by atoms with Gasteiger partial charge in [-0.15, -0.1) is 0 Å². The third-order valence-corrected chi connectivity index (χ3v) is 4.15. The number of nitrogens with zero attached hydrogens (tertiary/aromatic N) is 2. The molecule has 1 saturated carbocycles. The summed E-state index contributed by atoms with van der Waals surface area (Å²) in [5.74, 6) is 1.01. The van der Waals surface area contributed by atoms with Crippen molar-refractivity contribution in [2.24, 2.45) is 12.5 Å². The summed E-state index contributed by atoms with van der Waals surface area (Å²) >= 11 is 0. The van der Waals surface area contributed by atoms with Crippen LogP contribution in [0.2, 0.25) is 0 Å². The molecule has 4 heteroatoms. The molecule has 0 spiro atoms. The third kappa shape index (κ3) is 2.19. The lowest BCUT2D eigenvalue weighted by Crippen LogP contribution is -2.26. The van der Waals surface area contributed by atoms with Crippen LogP contribution in [-0.4, -0.2) is 20.6 Å². The highest BCUT2D eigenvalue weighted by molar-refractivity contribution is 5.78. The van der Waals surface area contributed by atoms with E-state index in [1.54, 1.807) is 13.8 Å². The van der Waals surface area contributed by atoms with E-state index in [0.717, 1.165) is 22.4 Å². The average Bonchev–Trinajstić information content (AvgIpc) is 3.15. The average molecular weight is 272 g/mol. The van der Waals surface area contributed by atoms with Crippen LogP contribution in [0, 0.1) is 5.41 Å². The molecule has 0 bridgehead atoms. The van der Waals surface area contributed by atoms with Crippen molar-refractivity contribution in [1.29, 1.82) is 0 Å². The van der Waals surface area contributed by atoms with Gasteiger partial charge in [0, 0.05) is 13.0 Å². The number of aromatic nitrogens is 2. The molecule has 1 fully saturated rings. The van der Waals surface area contributed by atoms with E-state index in [4.69, 9.17) is 4.98 Å². The van der Waals surface area contributed by atoms with Gasteiger partial charge in [-0.25, -0.2) is 4.98 Å². The quantitative estimate of drug-likeness (QED) is 0.930. The molecule has 1 aromatic heterocycles. The molecule has 3 rings (SSSR count). The van der Waals surface area contributed by atoms with E-state index in [0.29, 0.717) is 12.3 Å². The maximum Gasteiger partial charge on any atom is 0.309 e. The summed E-state index contributed by atoms with van der Waals surface area (Å²) in [6.45, 7) is 3.52. The van der Waals surface area contributed by atoms with Crippen molar-refractivity contribution < 1.29 is 9.90 Å². The molecular formula is C16H20N2O2. The monoisotopic (exact) mass is 272 g/mol. The molecule has 1 heterocycles. The van der Waals surface area contributed by atoms with Crippen LogP contribution < -0.4 is 0 Å². The van der Waals surface area contributed by atoms with Crippen LogP contribution >= 0.6 is 0 Å². The van der Waals surface area contributed by atoms with Crippen molar-refractivity contribution in [1.82, 2.24) is 9.55 Å². The number of carboxylic acids is 1. The highest BCUT2D eigenvalue weighted by atomic mass is 16.4. The van der Waals surface area contributed by atoms with Crippen molar-refractivity contribution in [3.8, 4) is 0 Å². The Hall–Kier alpha value is -1.84. The molecule has 1 aliphatic carbocycles. The fourth-order valence-corrected chi connectivity index (χ4v) is 2.67. The number of rotatable bonds is 4. The Morgan fingerprint density at radius 2 is 2.15 bits per heavy atom. The minimum absolute atomic E-state index is 0.521. The summed E-state index contributed by atoms with van der Waals surface area (Å²) in [6.07, 6.45) is 2.99. The molecule has 106 valence electrons. The van der Waals surface area contributed by atoms with Crippen LogP contribution in [0.4, 0.5) is 0 Å². The number of fused-ring (bicyclic) bond motifs is 1. The second-order valence-corrected chi connectivity index (χ2v) is 6.49. The fraction of sp³-hybridized carbons (Fsp3) is 0.500. The molecular weight excluding hydrogens is 252 g/mol. The van der Waals surface area contributed by atoms with Gasteiger partial charge in [-0.05, 0) is 50.8 Å². The number of imidazole rings is 1. The minimum Gasteiger partial charge on any atom is -0.481 e. The van der Waals surface area contributed by atoms with Crippen molar-refractivity contribution >= 4 is 17.0 Å². The number of benzene rings is 1. The zero-order valence-corrected chi connectivity index (χ0v) is 12.2. The van der Waals surface area contributed by atoms with Gasteiger partial charge in [0.25, 0.3) is 0 Å². The number of carboxylic acid groups (broad SMARTS) is 1. The van der Waals surface area contributed by atoms with Crippen LogP contribution in [-0.2, 0) is 18.3 Å². The molecule has 0 radical (unpaired) electrons. The lowest BCUT2D eigenvalue weighted by atomic mass is 9.86. The molecule has 0 saturated heterocycles. The zero-order chi connectivity index (χ0) is 14.5. The van der Waals surface area contributed by atoms with Gasteiger partial charge >= 0.3 is 5.97 Å². The maximum absolute atomic E-state index is 11.2. The highest BCUT2D eigenvalue weighted by Gasteiger charge is 2.30. The molecule has 2 aromatic rings. The van der Waals surface area contributed by atoms with Gasteiger partial charge in [0.1, 0.15) is 5.82 Å². The standard InChI is InChI=1S/C16H20N2O2/c1-16(2,15(19)20)9-10-4-7-13-12(8-10)17-14(18(13)3)11-5-6-11/h4,7-8,11H,5-6,9H2,1-3H3,(H,19,20). The van der Waals surface area contributed by atoms with Gasteiger partial charge in [0.2, 0.25) is 0 Å². The van der Waals surface area contributed by atoms with E-state index >= 15 is 0 Å². The van der Waals surface area contributed by atoms with Gasteiger partial charge < -0.3 is 9.67 Å². The summed E-state index contributed by atoms with van der Waals surface area (Å²) in [7, 11) is 2.06. The van der Waals surface area contributed by atoms with Gasteiger partial charge in [-0.2, -0.15) is 0 Å². The first-order valence-electron chi connectivity index (χ1n) is 7.07. The van der Waals surface area contributed by atoms with Crippen molar-refractivity contribution in [2.45, 2.75) is 39.0 Å². The normalized spacial score (nSPS) is 15.8. The molecule has 1 aliphatic rings. The zero-order valence-electron chi connectivity index (χ0n) is 12.2. The third-order valence-electron chi connectivity index (χ3n) is 4.15. The van der Waals surface area contributed by atoms with Crippen LogP contribution in [0.15, 0.2) is 18.2 Å². The van der Waals surface area contributed by atoms with E-state index in [1.165, 1.54) is 12.8 Å². The number of aryl methyl sites for hydroxylation is 1. The van der Waals surface area contributed by atoms with Crippen LogP contribution in [0.5, 0.6) is 0 Å². The Kier molecular flexibility index (Phi) is 2.85. The van der Waals surface area contributed by atoms with Crippen LogP contribution in [0.3, 0.4) is 0 Å². The summed E-state index contributed by atoms with van der Waals surface area (Å²) in [5, 5.41) is 9.23. The molecule has 4 nitrogen and oxygen atoms in total. The van der Waals surface area contributed by atoms with E-state index in [-0.39, 0.29) is 0 Å². The Morgan fingerprint density at radius 1 is 1.45 bits per heavy atom. The summed E-state index contributed by atoms with van der Waals surface area (Å²) in [6, 6.07) is 6.11. The second-order valence-electron chi connectivity index (χ2n) is 6.49. The fourth-order valence-electron chi connectivity index (χ4n) is 2.67. The predicted molar refractivity (Wildman–Crippen MR) is 77.8 cm³/mol. The highest BCUT2D eigenvalue weighted by Crippen LogP contribution is 2.40. The van der Waals surface area contributed by atoms with E-state index in [1.807, 2.05) is 12.1 Å². The number of aliphatic carboxylic acids is 1. The SMILES string of the molecule is Cn1c(C2CC2)nc2cc(CC(C)(C)C(=O)O)ccc21. The molecule has 1 N–H and O–H groups in total. The van der Waals surface area contributed by atoms with E-state index in [2.05, 4.69) is 17.7 Å². The number of hydrogen-bond acceptors (Lipinski definition) is 2. The van der Waals surface area contributed by atoms with E-state index < -0.39 is 11.4 Å². The largest absolute Gasteiger partial charge is 0.481 e. The topological polar surface area (TPSA) is 55.1 Å². The second kappa shape index (κ2) is 4.33. The van der Waals surface area contributed by atoms with E-state index in [9.17, 15) is 9.90 Å². The van der Waals surface area contributed by atoms with Gasteiger partial charge in [0.05, 0.1) is 16.4 Å². The number of carbonyl (C=O) groups is 1. The first kappa shape index (κ1) is 13.2. The van der Waals surface area contributed by atoms with Crippen LogP contribution in [0.25, 0.3) is 11.0 Å². The van der Waals surface area contributed by atoms with Crippen LogP contribution in [0.1, 0.15) is 44.0 Å². The smallest absolute Gasteiger partial charge is 0.309 e. The lowest BCUT2D eigenvalue weighted by molar-refractivity contribution is -0.146. The molecule has 1 aromatic carbocycles. The Morgan fingerprint density at radius 3 is 2.75 bits per heavy atom. The molecule has 20 heavy (non-hydrogen) atoms. The number of hydrogen-bond donors (Lipinski definition) is 1. The summed E-state index contributed by atoms with van der Waals surface area (Å²) in [5.41, 5.74) is 2.39. The molecule has 0 aliphatic heterocycles. The minimum atomic E-state index is -0.766. The lowest BCUT2D eigenvalue weighted by Gasteiger charge is -2.18. The van der Waals surface area contributed by atoms with Crippen molar-refractivity contribution in [3.05, 3.63) is 29.6 Å². The van der Waals surface area contributed by atoms with Gasteiger partial charge in [-0.3, -0.25) is 4.79 Å². The molecule has 0 atom stereocenters.